The number of nitrogens with one attached hydrogen (secondary N) is 1. The van der Waals surface area contributed by atoms with Gasteiger partial charge in [-0.05, 0) is 58.7 Å². The van der Waals surface area contributed by atoms with Crippen molar-refractivity contribution >= 4 is 5.91 Å². The molecule has 2 heterocycles. The highest BCUT2D eigenvalue weighted by molar-refractivity contribution is 5.75. The molecule has 2 fully saturated rings. The van der Waals surface area contributed by atoms with Crippen LogP contribution in [-0.4, -0.2) is 67.6 Å². The molecule has 2 rings (SSSR count). The highest BCUT2D eigenvalue weighted by Gasteiger charge is 2.26. The van der Waals surface area contributed by atoms with E-state index in [0.717, 1.165) is 31.8 Å². The van der Waals surface area contributed by atoms with E-state index in [-0.39, 0.29) is 5.91 Å². The molecular formula is C15H30N4O. The Labute approximate surface area is 122 Å². The van der Waals surface area contributed by atoms with E-state index in [9.17, 15) is 4.79 Å². The molecule has 0 spiro atoms. The van der Waals surface area contributed by atoms with E-state index >= 15 is 0 Å². The quantitative estimate of drug-likeness (QED) is 0.759. The van der Waals surface area contributed by atoms with Crippen molar-refractivity contribution in [3.63, 3.8) is 0 Å². The van der Waals surface area contributed by atoms with Crippen molar-refractivity contribution in [3.05, 3.63) is 0 Å². The molecule has 0 aromatic heterocycles. The van der Waals surface area contributed by atoms with Crippen LogP contribution in [0.4, 0.5) is 0 Å². The summed E-state index contributed by atoms with van der Waals surface area (Å²) in [6.45, 7) is 7.19. The number of amides is 1. The number of carbonyl (C=O) groups excluding carboxylic acids is 1. The zero-order valence-corrected chi connectivity index (χ0v) is 13.0. The summed E-state index contributed by atoms with van der Waals surface area (Å²) in [5, 5.41) is 3.82. The molecule has 0 saturated carbocycles. The molecule has 1 atom stereocenters. The Hall–Kier alpha value is -0.650. The molecule has 3 N–H and O–H groups in total. The van der Waals surface area contributed by atoms with Gasteiger partial charge in [-0.1, -0.05) is 0 Å². The summed E-state index contributed by atoms with van der Waals surface area (Å²) in [6.07, 6.45) is 4.88. The first kappa shape index (κ1) is 15.7. The van der Waals surface area contributed by atoms with Crippen LogP contribution >= 0.6 is 0 Å². The smallest absolute Gasteiger partial charge is 0.231 e. The van der Waals surface area contributed by atoms with Crippen molar-refractivity contribution in [1.82, 2.24) is 15.1 Å². The maximum absolute atomic E-state index is 10.9. The number of primary amides is 1. The van der Waals surface area contributed by atoms with Gasteiger partial charge in [0.2, 0.25) is 5.91 Å². The Morgan fingerprint density at radius 3 is 2.35 bits per heavy atom. The van der Waals surface area contributed by atoms with Crippen molar-refractivity contribution in [2.75, 3.05) is 39.8 Å². The molecule has 0 aliphatic carbocycles. The first-order chi connectivity index (χ1) is 9.54. The number of nitrogens with two attached hydrogens (primary N) is 1. The molecular weight excluding hydrogens is 252 g/mol. The predicted molar refractivity (Wildman–Crippen MR) is 81.5 cm³/mol. The van der Waals surface area contributed by atoms with Crippen molar-refractivity contribution in [1.29, 1.82) is 0 Å². The largest absolute Gasteiger partial charge is 0.369 e. The van der Waals surface area contributed by atoms with Gasteiger partial charge >= 0.3 is 0 Å². The zero-order valence-electron chi connectivity index (χ0n) is 13.0. The molecule has 0 aromatic carbocycles. The molecule has 20 heavy (non-hydrogen) atoms. The van der Waals surface area contributed by atoms with Gasteiger partial charge in [-0.3, -0.25) is 9.69 Å². The molecule has 2 saturated heterocycles. The molecule has 0 radical (unpaired) electrons. The van der Waals surface area contributed by atoms with E-state index in [0.29, 0.717) is 18.6 Å². The normalized spacial score (nSPS) is 25.7. The summed E-state index contributed by atoms with van der Waals surface area (Å²) in [6, 6.07) is 1.21. The Kier molecular flexibility index (Phi) is 5.81. The fraction of sp³-hybridized carbons (Fsp3) is 0.933. The average Bonchev–Trinajstić information content (AvgIpc) is 2.41. The molecule has 116 valence electrons. The number of nitrogens with zero attached hydrogens (tertiary/aromatic N) is 2. The average molecular weight is 282 g/mol. The van der Waals surface area contributed by atoms with Crippen LogP contribution in [0.2, 0.25) is 0 Å². The Bertz CT molecular complexity index is 307. The third-order valence-electron chi connectivity index (χ3n) is 4.94. The van der Waals surface area contributed by atoms with Gasteiger partial charge in [-0.15, -0.1) is 0 Å². The maximum atomic E-state index is 10.9. The van der Waals surface area contributed by atoms with Gasteiger partial charge in [-0.2, -0.15) is 0 Å². The van der Waals surface area contributed by atoms with Crippen LogP contribution in [0.1, 0.15) is 32.6 Å². The molecule has 1 amide bonds. The summed E-state index contributed by atoms with van der Waals surface area (Å²) >= 11 is 0. The van der Waals surface area contributed by atoms with Crippen LogP contribution in [0.25, 0.3) is 0 Å². The van der Waals surface area contributed by atoms with Gasteiger partial charge in [0.1, 0.15) is 0 Å². The van der Waals surface area contributed by atoms with Crippen LogP contribution in [0, 0.1) is 5.92 Å². The minimum atomic E-state index is -0.212. The minimum absolute atomic E-state index is 0.212. The van der Waals surface area contributed by atoms with E-state index < -0.39 is 0 Å². The second kappa shape index (κ2) is 7.38. The SMILES string of the molecule is CC(NC1CCN(CC(N)=O)CC1)C1CCN(C)CC1. The molecule has 5 nitrogen and oxygen atoms in total. The van der Waals surface area contributed by atoms with Crippen molar-refractivity contribution in [2.24, 2.45) is 11.7 Å². The van der Waals surface area contributed by atoms with Crippen molar-refractivity contribution in [3.8, 4) is 0 Å². The second-order valence-corrected chi connectivity index (χ2v) is 6.61. The summed E-state index contributed by atoms with van der Waals surface area (Å²) < 4.78 is 0. The van der Waals surface area contributed by atoms with Crippen LogP contribution < -0.4 is 11.1 Å². The van der Waals surface area contributed by atoms with Crippen LogP contribution in [0.3, 0.4) is 0 Å². The zero-order chi connectivity index (χ0) is 14.5. The lowest BCUT2D eigenvalue weighted by Crippen LogP contribution is -2.50. The first-order valence-corrected chi connectivity index (χ1v) is 8.00. The topological polar surface area (TPSA) is 61.6 Å². The first-order valence-electron chi connectivity index (χ1n) is 8.00. The van der Waals surface area contributed by atoms with Crippen molar-refractivity contribution in [2.45, 2.75) is 44.7 Å². The number of likely N-dealkylation sites (tertiary alicyclic amines) is 2. The molecule has 0 bridgehead atoms. The van der Waals surface area contributed by atoms with Gasteiger partial charge in [0, 0.05) is 25.2 Å². The number of piperidine rings is 2. The van der Waals surface area contributed by atoms with E-state index in [1.54, 1.807) is 0 Å². The van der Waals surface area contributed by atoms with Crippen molar-refractivity contribution < 1.29 is 4.79 Å². The summed E-state index contributed by atoms with van der Waals surface area (Å²) in [4.78, 5) is 15.5. The maximum Gasteiger partial charge on any atom is 0.231 e. The molecule has 2 aliphatic rings. The van der Waals surface area contributed by atoms with E-state index in [2.05, 4.69) is 29.1 Å². The molecule has 2 aliphatic heterocycles. The second-order valence-electron chi connectivity index (χ2n) is 6.61. The number of rotatable bonds is 5. The standard InChI is InChI=1S/C15H30N4O/c1-12(13-3-7-18(2)8-4-13)17-14-5-9-19(10-6-14)11-15(16)20/h12-14,17H,3-11H2,1-2H3,(H2,16,20). The summed E-state index contributed by atoms with van der Waals surface area (Å²) in [5.74, 6) is 0.603. The van der Waals surface area contributed by atoms with Crippen LogP contribution in [0.15, 0.2) is 0 Å². The lowest BCUT2D eigenvalue weighted by Gasteiger charge is -2.37. The monoisotopic (exact) mass is 282 g/mol. The fourth-order valence-corrected chi connectivity index (χ4v) is 3.51. The summed E-state index contributed by atoms with van der Waals surface area (Å²) in [5.41, 5.74) is 5.25. The summed E-state index contributed by atoms with van der Waals surface area (Å²) in [7, 11) is 2.21. The third-order valence-corrected chi connectivity index (χ3v) is 4.94. The lowest BCUT2D eigenvalue weighted by molar-refractivity contribution is -0.119. The number of hydrogen-bond donors (Lipinski definition) is 2. The van der Waals surface area contributed by atoms with Gasteiger partial charge in [-0.25, -0.2) is 0 Å². The highest BCUT2D eigenvalue weighted by atomic mass is 16.1. The van der Waals surface area contributed by atoms with E-state index in [4.69, 9.17) is 5.73 Å². The predicted octanol–water partition coefficient (Wildman–Crippen LogP) is 0.256. The molecule has 0 aromatic rings. The lowest BCUT2D eigenvalue weighted by atomic mass is 9.89. The highest BCUT2D eigenvalue weighted by Crippen LogP contribution is 2.21. The van der Waals surface area contributed by atoms with Gasteiger partial charge in [0.25, 0.3) is 0 Å². The third kappa shape index (κ3) is 4.72. The van der Waals surface area contributed by atoms with Crippen LogP contribution in [-0.2, 0) is 4.79 Å². The number of hydrogen-bond acceptors (Lipinski definition) is 4. The Morgan fingerprint density at radius 2 is 1.80 bits per heavy atom. The van der Waals surface area contributed by atoms with Crippen LogP contribution in [0.5, 0.6) is 0 Å². The molecule has 5 heteroatoms. The van der Waals surface area contributed by atoms with Gasteiger partial charge < -0.3 is 16.0 Å². The van der Waals surface area contributed by atoms with Gasteiger partial charge in [0.05, 0.1) is 6.54 Å². The van der Waals surface area contributed by atoms with Gasteiger partial charge in [0.15, 0.2) is 0 Å². The minimum Gasteiger partial charge on any atom is -0.369 e. The Morgan fingerprint density at radius 1 is 1.20 bits per heavy atom. The van der Waals surface area contributed by atoms with E-state index in [1.807, 2.05) is 0 Å². The number of carbonyl (C=O) groups is 1. The Balaban J connectivity index is 1.68. The van der Waals surface area contributed by atoms with E-state index in [1.165, 1.54) is 25.9 Å². The fourth-order valence-electron chi connectivity index (χ4n) is 3.51. The molecule has 1 unspecified atom stereocenters.